The average molecular weight is 449 g/mol. The van der Waals surface area contributed by atoms with Crippen LogP contribution in [0, 0.1) is 0 Å². The summed E-state index contributed by atoms with van der Waals surface area (Å²) in [5.41, 5.74) is 0. The first kappa shape index (κ1) is 21.0. The van der Waals surface area contributed by atoms with E-state index < -0.39 is 32.5 Å². The van der Waals surface area contributed by atoms with Gasteiger partial charge in [0, 0.05) is 43.7 Å². The number of hydrogen-bond donors (Lipinski definition) is 0. The van der Waals surface area contributed by atoms with Gasteiger partial charge in [-0.3, -0.25) is 9.69 Å². The molecule has 0 aromatic heterocycles. The summed E-state index contributed by atoms with van der Waals surface area (Å²) in [6.07, 6.45) is 0.276. The summed E-state index contributed by atoms with van der Waals surface area (Å²) in [4.78, 5) is 16.3. The zero-order valence-corrected chi connectivity index (χ0v) is 17.6. The van der Waals surface area contributed by atoms with Crippen molar-refractivity contribution in [1.29, 1.82) is 0 Å². The molecule has 1 saturated carbocycles. The Hall–Kier alpha value is -1.29. The molecule has 0 N–H and O–H groups in total. The average Bonchev–Trinajstić information content (AvgIpc) is 3.36. The fourth-order valence-corrected chi connectivity index (χ4v) is 6.44. The lowest BCUT2D eigenvalue weighted by atomic mass is 10.0. The number of benzene rings is 1. The standard InChI is InChI=1S/C19H23ClF2N2O4S/c1-28-11-14-8-19(21,22)12-24(14)15-9-23(10-15)17(25)18(6-7-18)29(26,27)16-4-2-13(20)3-5-16/h2-5,14-15H,6-12H2,1H3/t14-/m0/s1. The number of halogens is 3. The van der Waals surface area contributed by atoms with Crippen molar-refractivity contribution in [2.45, 2.75) is 46.9 Å². The summed E-state index contributed by atoms with van der Waals surface area (Å²) >= 11 is 5.83. The van der Waals surface area contributed by atoms with E-state index in [0.717, 1.165) is 0 Å². The first-order valence-electron chi connectivity index (χ1n) is 9.52. The van der Waals surface area contributed by atoms with E-state index in [0.29, 0.717) is 5.02 Å². The third-order valence-corrected chi connectivity index (χ3v) is 8.88. The zero-order chi connectivity index (χ0) is 21.0. The van der Waals surface area contributed by atoms with Crippen molar-refractivity contribution in [3.63, 3.8) is 0 Å². The summed E-state index contributed by atoms with van der Waals surface area (Å²) in [6.45, 7) is 0.358. The molecule has 0 bridgehead atoms. The zero-order valence-electron chi connectivity index (χ0n) is 16.0. The van der Waals surface area contributed by atoms with E-state index in [4.69, 9.17) is 16.3 Å². The Morgan fingerprint density at radius 2 is 1.86 bits per heavy atom. The summed E-state index contributed by atoms with van der Waals surface area (Å²) in [6, 6.07) is 5.18. The molecule has 0 spiro atoms. The second kappa shape index (κ2) is 7.14. The monoisotopic (exact) mass is 448 g/mol. The highest BCUT2D eigenvalue weighted by molar-refractivity contribution is 7.94. The fourth-order valence-electron chi connectivity index (χ4n) is 4.37. The van der Waals surface area contributed by atoms with E-state index in [-0.39, 0.29) is 56.4 Å². The molecule has 1 amide bonds. The largest absolute Gasteiger partial charge is 0.383 e. The van der Waals surface area contributed by atoms with Crippen LogP contribution in [0.2, 0.25) is 5.02 Å². The number of nitrogens with zero attached hydrogens (tertiary/aromatic N) is 2. The van der Waals surface area contributed by atoms with Crippen LogP contribution in [0.15, 0.2) is 29.2 Å². The molecule has 1 aliphatic carbocycles. The molecule has 2 saturated heterocycles. The Morgan fingerprint density at radius 1 is 1.24 bits per heavy atom. The smallest absolute Gasteiger partial charge is 0.262 e. The molecule has 1 aromatic carbocycles. The Bertz CT molecular complexity index is 899. The third-order valence-electron chi connectivity index (χ3n) is 6.13. The highest BCUT2D eigenvalue weighted by Gasteiger charge is 2.64. The molecule has 10 heteroatoms. The number of alkyl halides is 2. The Kier molecular flexibility index (Phi) is 5.16. The van der Waals surface area contributed by atoms with Crippen LogP contribution in [0.3, 0.4) is 0 Å². The Labute approximate surface area is 173 Å². The molecule has 1 aromatic rings. The van der Waals surface area contributed by atoms with E-state index in [1.54, 1.807) is 4.90 Å². The minimum Gasteiger partial charge on any atom is -0.383 e. The van der Waals surface area contributed by atoms with Gasteiger partial charge >= 0.3 is 0 Å². The lowest BCUT2D eigenvalue weighted by Crippen LogP contribution is -2.65. The molecule has 3 aliphatic rings. The minimum absolute atomic E-state index is 0.0733. The lowest BCUT2D eigenvalue weighted by molar-refractivity contribution is -0.139. The number of carbonyl (C=O) groups is 1. The van der Waals surface area contributed by atoms with Crippen molar-refractivity contribution in [3.8, 4) is 0 Å². The van der Waals surface area contributed by atoms with Crippen LogP contribution < -0.4 is 0 Å². The number of carbonyl (C=O) groups excluding carboxylic acids is 1. The molecule has 2 heterocycles. The Morgan fingerprint density at radius 3 is 2.41 bits per heavy atom. The second-order valence-electron chi connectivity index (χ2n) is 8.16. The summed E-state index contributed by atoms with van der Waals surface area (Å²) < 4.78 is 57.4. The summed E-state index contributed by atoms with van der Waals surface area (Å²) in [5.74, 6) is -3.21. The predicted octanol–water partition coefficient (Wildman–Crippen LogP) is 2.21. The van der Waals surface area contributed by atoms with E-state index >= 15 is 0 Å². The van der Waals surface area contributed by atoms with E-state index in [2.05, 4.69) is 0 Å². The number of rotatable bonds is 6. The van der Waals surface area contributed by atoms with Gasteiger partial charge in [-0.1, -0.05) is 11.6 Å². The van der Waals surface area contributed by atoms with Gasteiger partial charge in [-0.2, -0.15) is 0 Å². The van der Waals surface area contributed by atoms with Gasteiger partial charge in [-0.05, 0) is 37.1 Å². The number of sulfone groups is 1. The maximum atomic E-state index is 13.8. The molecule has 4 rings (SSSR count). The quantitative estimate of drug-likeness (QED) is 0.667. The van der Waals surface area contributed by atoms with Crippen molar-refractivity contribution in [1.82, 2.24) is 9.80 Å². The van der Waals surface area contributed by atoms with Crippen molar-refractivity contribution in [3.05, 3.63) is 29.3 Å². The molecule has 29 heavy (non-hydrogen) atoms. The van der Waals surface area contributed by atoms with E-state index in [1.165, 1.54) is 36.3 Å². The molecule has 6 nitrogen and oxygen atoms in total. The number of methoxy groups -OCH3 is 1. The molecular weight excluding hydrogens is 426 g/mol. The van der Waals surface area contributed by atoms with Crippen molar-refractivity contribution >= 4 is 27.3 Å². The highest BCUT2D eigenvalue weighted by Crippen LogP contribution is 2.49. The van der Waals surface area contributed by atoms with Crippen LogP contribution in [0.25, 0.3) is 0 Å². The first-order valence-corrected chi connectivity index (χ1v) is 11.4. The Balaban J connectivity index is 1.45. The second-order valence-corrected chi connectivity index (χ2v) is 10.9. The molecule has 0 radical (unpaired) electrons. The van der Waals surface area contributed by atoms with Gasteiger partial charge < -0.3 is 9.64 Å². The fraction of sp³-hybridized carbons (Fsp3) is 0.632. The number of hydrogen-bond acceptors (Lipinski definition) is 5. The SMILES string of the molecule is COC[C@@H]1CC(F)(F)CN1C1CN(C(=O)C2(S(=O)(=O)c3ccc(Cl)cc3)CC2)C1. The van der Waals surface area contributed by atoms with Gasteiger partial charge in [0.15, 0.2) is 14.6 Å². The van der Waals surface area contributed by atoms with Gasteiger partial charge in [0.25, 0.3) is 5.92 Å². The van der Waals surface area contributed by atoms with Crippen LogP contribution in [-0.4, -0.2) is 80.2 Å². The van der Waals surface area contributed by atoms with Gasteiger partial charge in [0.05, 0.1) is 18.0 Å². The molecular formula is C19H23ClF2N2O4S. The number of likely N-dealkylation sites (tertiary alicyclic amines) is 2. The topological polar surface area (TPSA) is 66.9 Å². The predicted molar refractivity (Wildman–Crippen MR) is 103 cm³/mol. The van der Waals surface area contributed by atoms with Crippen molar-refractivity contribution < 1.29 is 26.7 Å². The highest BCUT2D eigenvalue weighted by atomic mass is 35.5. The molecule has 3 fully saturated rings. The van der Waals surface area contributed by atoms with Crippen molar-refractivity contribution in [2.24, 2.45) is 0 Å². The lowest BCUT2D eigenvalue weighted by Gasteiger charge is -2.46. The normalized spacial score (nSPS) is 26.3. The van der Waals surface area contributed by atoms with Crippen LogP contribution in [0.4, 0.5) is 8.78 Å². The molecule has 160 valence electrons. The maximum absolute atomic E-state index is 13.8. The first-order chi connectivity index (χ1) is 13.6. The van der Waals surface area contributed by atoms with Gasteiger partial charge in [0.2, 0.25) is 5.91 Å². The maximum Gasteiger partial charge on any atom is 0.262 e. The molecule has 1 atom stereocenters. The minimum atomic E-state index is -3.84. The van der Waals surface area contributed by atoms with E-state index in [1.807, 2.05) is 0 Å². The van der Waals surface area contributed by atoms with Crippen molar-refractivity contribution in [2.75, 3.05) is 33.4 Å². The summed E-state index contributed by atoms with van der Waals surface area (Å²) in [5, 5.41) is 0.415. The van der Waals surface area contributed by atoms with Gasteiger partial charge in [-0.25, -0.2) is 17.2 Å². The summed E-state index contributed by atoms with van der Waals surface area (Å²) in [7, 11) is -2.37. The van der Waals surface area contributed by atoms with E-state index in [9.17, 15) is 22.0 Å². The number of ether oxygens (including phenoxy) is 1. The van der Waals surface area contributed by atoms with Gasteiger partial charge in [-0.15, -0.1) is 0 Å². The molecule has 2 aliphatic heterocycles. The van der Waals surface area contributed by atoms with Crippen LogP contribution in [0.1, 0.15) is 19.3 Å². The van der Waals surface area contributed by atoms with Gasteiger partial charge in [0.1, 0.15) is 0 Å². The third kappa shape index (κ3) is 3.56. The molecule has 0 unspecified atom stereocenters. The van der Waals surface area contributed by atoms with Crippen LogP contribution in [-0.2, 0) is 19.4 Å². The van der Waals surface area contributed by atoms with Crippen LogP contribution in [0.5, 0.6) is 0 Å². The number of amides is 1. The van der Waals surface area contributed by atoms with Crippen LogP contribution >= 0.6 is 11.6 Å².